The summed E-state index contributed by atoms with van der Waals surface area (Å²) in [6.07, 6.45) is 1.29. The number of benzene rings is 2. The van der Waals surface area contributed by atoms with Crippen molar-refractivity contribution in [1.82, 2.24) is 5.32 Å². The van der Waals surface area contributed by atoms with Crippen LogP contribution in [0.2, 0.25) is 5.02 Å². The number of hydrogen-bond acceptors (Lipinski definition) is 1. The topological polar surface area (TPSA) is 50.4 Å². The van der Waals surface area contributed by atoms with Gasteiger partial charge in [0.1, 0.15) is 5.82 Å². The summed E-state index contributed by atoms with van der Waals surface area (Å²) >= 11 is 5.96. The Hall–Kier alpha value is -2.07. The minimum atomic E-state index is -0.307. The Morgan fingerprint density at radius 1 is 1.09 bits per heavy atom. The third-order valence-electron chi connectivity index (χ3n) is 3.27. The normalized spacial score (nSPS) is 11.5. The predicted molar refractivity (Wildman–Crippen MR) is 89.8 cm³/mol. The lowest BCUT2D eigenvalue weighted by molar-refractivity contribution is 0.609. The van der Waals surface area contributed by atoms with E-state index in [9.17, 15) is 4.39 Å². The molecule has 0 amide bonds. The smallest absolute Gasteiger partial charge is 0.188 e. The molecule has 3 N–H and O–H groups in total. The molecular formula is C17H19ClFN3. The highest BCUT2D eigenvalue weighted by atomic mass is 35.5. The van der Waals surface area contributed by atoms with Crippen molar-refractivity contribution in [3.8, 4) is 0 Å². The lowest BCUT2D eigenvalue weighted by Crippen LogP contribution is -2.33. The molecule has 0 aromatic heterocycles. The van der Waals surface area contributed by atoms with Crippen LogP contribution in [0.4, 0.5) is 4.39 Å². The van der Waals surface area contributed by atoms with Crippen molar-refractivity contribution in [2.45, 2.75) is 12.8 Å². The van der Waals surface area contributed by atoms with Gasteiger partial charge in [0.05, 0.1) is 0 Å². The summed E-state index contributed by atoms with van der Waals surface area (Å²) in [4.78, 5) is 4.19. The number of halogens is 2. The molecule has 2 aromatic carbocycles. The molecule has 22 heavy (non-hydrogen) atoms. The maximum atomic E-state index is 13.6. The van der Waals surface area contributed by atoms with Crippen LogP contribution in [0.5, 0.6) is 0 Å². The summed E-state index contributed by atoms with van der Waals surface area (Å²) in [5.41, 5.74) is 7.50. The van der Waals surface area contributed by atoms with Gasteiger partial charge in [-0.2, -0.15) is 0 Å². The van der Waals surface area contributed by atoms with Crippen LogP contribution < -0.4 is 11.1 Å². The minimum absolute atomic E-state index is 0.307. The molecule has 0 aliphatic rings. The van der Waals surface area contributed by atoms with Gasteiger partial charge in [-0.1, -0.05) is 48.0 Å². The van der Waals surface area contributed by atoms with Crippen molar-refractivity contribution in [2.24, 2.45) is 10.7 Å². The van der Waals surface area contributed by atoms with Crippen molar-refractivity contribution >= 4 is 17.6 Å². The number of rotatable bonds is 6. The first kappa shape index (κ1) is 16.3. The van der Waals surface area contributed by atoms with Crippen LogP contribution in [0.3, 0.4) is 0 Å². The summed E-state index contributed by atoms with van der Waals surface area (Å²) in [5, 5.41) is 3.47. The second kappa shape index (κ2) is 8.39. The minimum Gasteiger partial charge on any atom is -0.370 e. The molecule has 0 aliphatic heterocycles. The van der Waals surface area contributed by atoms with Gasteiger partial charge in [0.2, 0.25) is 0 Å². The van der Waals surface area contributed by atoms with E-state index >= 15 is 0 Å². The van der Waals surface area contributed by atoms with Crippen molar-refractivity contribution < 1.29 is 4.39 Å². The largest absolute Gasteiger partial charge is 0.370 e. The summed E-state index contributed by atoms with van der Waals surface area (Å²) in [7, 11) is 0. The summed E-state index contributed by atoms with van der Waals surface area (Å²) < 4.78 is 13.6. The molecule has 0 saturated carbocycles. The van der Waals surface area contributed by atoms with Gasteiger partial charge in [0, 0.05) is 23.7 Å². The molecule has 2 aromatic rings. The Kier molecular flexibility index (Phi) is 6.22. The zero-order valence-electron chi connectivity index (χ0n) is 12.2. The van der Waals surface area contributed by atoms with Crippen LogP contribution in [0.15, 0.2) is 53.5 Å². The number of nitrogens with one attached hydrogen (secondary N) is 1. The summed E-state index contributed by atoms with van der Waals surface area (Å²) in [6.45, 7) is 1.10. The van der Waals surface area contributed by atoms with Crippen LogP contribution in [-0.4, -0.2) is 19.0 Å². The molecule has 0 fully saturated rings. The molecule has 5 heteroatoms. The van der Waals surface area contributed by atoms with Gasteiger partial charge in [-0.25, -0.2) is 4.39 Å². The van der Waals surface area contributed by atoms with E-state index in [1.807, 2.05) is 18.2 Å². The van der Waals surface area contributed by atoms with Gasteiger partial charge in [-0.05, 0) is 30.5 Å². The molecule has 0 aliphatic carbocycles. The number of nitrogens with two attached hydrogens (primary N) is 1. The highest BCUT2D eigenvalue weighted by Crippen LogP contribution is 2.19. The monoisotopic (exact) mass is 319 g/mol. The molecule has 0 saturated heterocycles. The Labute approximate surface area is 135 Å². The molecule has 0 unspecified atom stereocenters. The average Bonchev–Trinajstić information content (AvgIpc) is 2.51. The lowest BCUT2D eigenvalue weighted by Gasteiger charge is -2.07. The van der Waals surface area contributed by atoms with E-state index in [1.165, 1.54) is 11.6 Å². The molecular weight excluding hydrogens is 301 g/mol. The molecule has 116 valence electrons. The van der Waals surface area contributed by atoms with E-state index in [4.69, 9.17) is 17.3 Å². The number of hydrogen-bond donors (Lipinski definition) is 2. The summed E-state index contributed by atoms with van der Waals surface area (Å²) in [5.74, 6) is 0.0571. The van der Waals surface area contributed by atoms with Crippen LogP contribution in [0.1, 0.15) is 11.1 Å². The zero-order valence-corrected chi connectivity index (χ0v) is 13.0. The quantitative estimate of drug-likeness (QED) is 0.634. The highest BCUT2D eigenvalue weighted by Gasteiger charge is 2.05. The van der Waals surface area contributed by atoms with Crippen molar-refractivity contribution in [1.29, 1.82) is 0 Å². The van der Waals surface area contributed by atoms with Crippen molar-refractivity contribution in [2.75, 3.05) is 13.1 Å². The molecule has 3 nitrogen and oxygen atoms in total. The molecule has 0 atom stereocenters. The molecule has 0 spiro atoms. The third kappa shape index (κ3) is 5.04. The maximum Gasteiger partial charge on any atom is 0.188 e. The van der Waals surface area contributed by atoms with Gasteiger partial charge in [-0.15, -0.1) is 0 Å². The van der Waals surface area contributed by atoms with Crippen molar-refractivity contribution in [3.05, 3.63) is 70.5 Å². The van der Waals surface area contributed by atoms with E-state index in [-0.39, 0.29) is 5.82 Å². The fourth-order valence-corrected chi connectivity index (χ4v) is 2.35. The average molecular weight is 320 g/mol. The van der Waals surface area contributed by atoms with Crippen LogP contribution >= 0.6 is 11.6 Å². The zero-order chi connectivity index (χ0) is 15.8. The fraction of sp³-hybridized carbons (Fsp3) is 0.235. The Morgan fingerprint density at radius 3 is 2.59 bits per heavy atom. The molecule has 0 heterocycles. The molecule has 0 bridgehead atoms. The van der Waals surface area contributed by atoms with E-state index < -0.39 is 0 Å². The third-order valence-corrected chi connectivity index (χ3v) is 3.62. The van der Waals surface area contributed by atoms with E-state index in [2.05, 4.69) is 22.4 Å². The number of nitrogens with zero attached hydrogens (tertiary/aromatic N) is 1. The first-order valence-corrected chi connectivity index (χ1v) is 7.55. The second-order valence-electron chi connectivity index (χ2n) is 4.88. The standard InChI is InChI=1S/C17H19ClFN3/c18-15-7-4-8-16(19)14(15)10-12-22-17(20)21-11-9-13-5-2-1-3-6-13/h1-8H,9-12H2,(H3,20,21,22). The SMILES string of the molecule is NC(=NCCc1c(F)cccc1Cl)NCCc1ccccc1. The van der Waals surface area contributed by atoms with Crippen LogP contribution in [-0.2, 0) is 12.8 Å². The van der Waals surface area contributed by atoms with Crippen LogP contribution in [0.25, 0.3) is 0 Å². The molecule has 2 rings (SSSR count). The first-order chi connectivity index (χ1) is 10.7. The van der Waals surface area contributed by atoms with Gasteiger partial charge in [0.25, 0.3) is 0 Å². The Bertz CT molecular complexity index is 609. The Morgan fingerprint density at radius 2 is 1.86 bits per heavy atom. The maximum absolute atomic E-state index is 13.6. The Balaban J connectivity index is 1.76. The van der Waals surface area contributed by atoms with E-state index in [0.717, 1.165) is 6.42 Å². The highest BCUT2D eigenvalue weighted by molar-refractivity contribution is 6.31. The van der Waals surface area contributed by atoms with Gasteiger partial charge >= 0.3 is 0 Å². The molecule has 0 radical (unpaired) electrons. The van der Waals surface area contributed by atoms with Gasteiger partial charge in [0.15, 0.2) is 5.96 Å². The summed E-state index contributed by atoms with van der Waals surface area (Å²) in [6, 6.07) is 14.8. The van der Waals surface area contributed by atoms with Gasteiger partial charge in [-0.3, -0.25) is 4.99 Å². The second-order valence-corrected chi connectivity index (χ2v) is 5.29. The number of aliphatic imine (C=N–C) groups is 1. The number of guanidine groups is 1. The van der Waals surface area contributed by atoms with E-state index in [0.29, 0.717) is 36.1 Å². The van der Waals surface area contributed by atoms with Crippen LogP contribution in [0, 0.1) is 5.82 Å². The van der Waals surface area contributed by atoms with E-state index in [1.54, 1.807) is 12.1 Å². The predicted octanol–water partition coefficient (Wildman–Crippen LogP) is 3.17. The van der Waals surface area contributed by atoms with Gasteiger partial charge < -0.3 is 11.1 Å². The lowest BCUT2D eigenvalue weighted by atomic mass is 10.1. The van der Waals surface area contributed by atoms with Crippen molar-refractivity contribution in [3.63, 3.8) is 0 Å². The first-order valence-electron chi connectivity index (χ1n) is 7.17. The fourth-order valence-electron chi connectivity index (χ4n) is 2.09.